The Bertz CT molecular complexity index is 1020. The van der Waals surface area contributed by atoms with Crippen molar-refractivity contribution >= 4 is 55.3 Å². The molecular weight excluding hydrogens is 622 g/mol. The quantitative estimate of drug-likeness (QED) is 0.199. The van der Waals surface area contributed by atoms with Crippen molar-refractivity contribution in [1.29, 1.82) is 0 Å². The first-order valence-corrected chi connectivity index (χ1v) is 14.9. The number of halogens is 2. The van der Waals surface area contributed by atoms with Crippen LogP contribution in [-0.2, 0) is 42.7 Å². The molecule has 2 amide bonds. The topological polar surface area (TPSA) is 124 Å². The zero-order chi connectivity index (χ0) is 28.1. The van der Waals surface area contributed by atoms with Gasteiger partial charge in [-0.1, -0.05) is 71.7 Å². The van der Waals surface area contributed by atoms with Gasteiger partial charge in [-0.3, -0.25) is 9.59 Å². The Morgan fingerprint density at radius 2 is 1.61 bits per heavy atom. The monoisotopic (exact) mass is 657 g/mol. The van der Waals surface area contributed by atoms with Crippen LogP contribution in [0.1, 0.15) is 51.1 Å². The summed E-state index contributed by atoms with van der Waals surface area (Å²) in [6.07, 6.45) is 0.213. The number of hydrogen-bond acceptors (Lipinski definition) is 7. The molecule has 0 spiro atoms. The Balaban J connectivity index is 1.72. The average Bonchev–Trinajstić information content (AvgIpc) is 3.31. The third-order valence-electron chi connectivity index (χ3n) is 5.83. The van der Waals surface area contributed by atoms with Gasteiger partial charge in [0.15, 0.2) is 5.78 Å². The zero-order valence-electron chi connectivity index (χ0n) is 22.3. The lowest BCUT2D eigenvalue weighted by atomic mass is 9.93. The van der Waals surface area contributed by atoms with E-state index in [1.165, 1.54) is 5.56 Å². The molecule has 10 nitrogen and oxygen atoms in total. The maximum atomic E-state index is 12.9. The molecule has 2 aromatic rings. The van der Waals surface area contributed by atoms with Crippen molar-refractivity contribution in [3.8, 4) is 0 Å². The Morgan fingerprint density at radius 3 is 2.16 bits per heavy atom. The van der Waals surface area contributed by atoms with Crippen molar-refractivity contribution in [2.75, 3.05) is 25.1 Å². The predicted molar refractivity (Wildman–Crippen MR) is 152 cm³/mol. The number of rotatable bonds is 16. The molecule has 0 aliphatic carbocycles. The van der Waals surface area contributed by atoms with E-state index < -0.39 is 18.1 Å². The van der Waals surface area contributed by atoms with E-state index >= 15 is 0 Å². The van der Waals surface area contributed by atoms with E-state index in [0.717, 1.165) is 17.8 Å². The third kappa shape index (κ3) is 10.5. The lowest BCUT2D eigenvalue weighted by molar-refractivity contribution is -0.127. The van der Waals surface area contributed by atoms with E-state index in [1.54, 1.807) is 11.7 Å². The minimum absolute atomic E-state index is 0.000162. The first-order valence-electron chi connectivity index (χ1n) is 12.7. The summed E-state index contributed by atoms with van der Waals surface area (Å²) in [7, 11) is 0. The summed E-state index contributed by atoms with van der Waals surface area (Å²) in [6.45, 7) is 8.48. The van der Waals surface area contributed by atoms with Gasteiger partial charge in [-0.05, 0) is 30.0 Å². The van der Waals surface area contributed by atoms with Gasteiger partial charge in [-0.15, -0.1) is 0 Å². The van der Waals surface area contributed by atoms with Crippen LogP contribution in [0, 0.1) is 11.8 Å². The largest absolute Gasteiger partial charge is 0.447 e. The van der Waals surface area contributed by atoms with Crippen molar-refractivity contribution in [1.82, 2.24) is 20.3 Å². The zero-order valence-corrected chi connectivity index (χ0v) is 25.5. The van der Waals surface area contributed by atoms with Crippen molar-refractivity contribution in [2.24, 2.45) is 11.8 Å². The van der Waals surface area contributed by atoms with E-state index in [2.05, 4.69) is 59.6 Å². The maximum absolute atomic E-state index is 12.9. The summed E-state index contributed by atoms with van der Waals surface area (Å²) in [5.41, 5.74) is 3.60. The van der Waals surface area contributed by atoms with Crippen LogP contribution in [0.5, 0.6) is 0 Å². The number of aryl methyl sites for hydroxylation is 1. The van der Waals surface area contributed by atoms with Crippen LogP contribution in [0.25, 0.3) is 0 Å². The highest BCUT2D eigenvalue weighted by atomic mass is 79.9. The molecule has 0 saturated heterocycles. The number of anilines is 1. The molecule has 0 bridgehead atoms. The smallest absolute Gasteiger partial charge is 0.407 e. The summed E-state index contributed by atoms with van der Waals surface area (Å²) in [5, 5.41) is 15.4. The second-order valence-electron chi connectivity index (χ2n) is 9.18. The molecule has 38 heavy (non-hydrogen) atoms. The number of carbonyl (C=O) groups excluding carboxylic acids is 3. The van der Waals surface area contributed by atoms with Gasteiger partial charge in [-0.2, -0.15) is 15.0 Å². The molecule has 210 valence electrons. The van der Waals surface area contributed by atoms with Gasteiger partial charge in [0.2, 0.25) is 5.91 Å². The summed E-state index contributed by atoms with van der Waals surface area (Å²) in [6, 6.07) is 6.84. The van der Waals surface area contributed by atoms with Crippen molar-refractivity contribution in [3.63, 3.8) is 0 Å². The Morgan fingerprint density at radius 1 is 0.974 bits per heavy atom. The van der Waals surface area contributed by atoms with Crippen molar-refractivity contribution < 1.29 is 23.9 Å². The van der Waals surface area contributed by atoms with Gasteiger partial charge in [-0.25, -0.2) is 4.79 Å². The van der Waals surface area contributed by atoms with Crippen LogP contribution in [0.3, 0.4) is 0 Å². The first kappa shape index (κ1) is 31.9. The van der Waals surface area contributed by atoms with E-state index in [-0.39, 0.29) is 37.2 Å². The summed E-state index contributed by atoms with van der Waals surface area (Å²) in [5.74, 6) is -1.20. The lowest BCUT2D eigenvalue weighted by Crippen LogP contribution is -2.45. The van der Waals surface area contributed by atoms with Crippen LogP contribution in [0.15, 0.2) is 24.3 Å². The number of alkyl carbamates (subject to hydrolysis) is 1. The normalized spacial score (nSPS) is 12.7. The Labute approximate surface area is 240 Å². The molecule has 0 saturated carbocycles. The fraction of sp³-hybridized carbons (Fsp3) is 0.577. The highest BCUT2D eigenvalue weighted by molar-refractivity contribution is 9.09. The highest BCUT2D eigenvalue weighted by Crippen LogP contribution is 2.15. The number of benzene rings is 1. The molecule has 2 atom stereocenters. The molecule has 1 heterocycles. The number of carbonyl (C=O) groups is 3. The molecule has 1 aromatic heterocycles. The second-order valence-corrected chi connectivity index (χ2v) is 10.3. The number of nitrogens with one attached hydrogen (secondary N) is 2. The maximum Gasteiger partial charge on any atom is 0.407 e. The van der Waals surface area contributed by atoms with Crippen LogP contribution < -0.4 is 10.6 Å². The summed E-state index contributed by atoms with van der Waals surface area (Å²) in [4.78, 5) is 39.3. The molecule has 0 aliphatic heterocycles. The average molecular weight is 659 g/mol. The Kier molecular flexibility index (Phi) is 13.9. The number of ketones is 1. The fourth-order valence-electron chi connectivity index (χ4n) is 3.56. The van der Waals surface area contributed by atoms with Crippen LogP contribution in [0.2, 0.25) is 0 Å². The van der Waals surface area contributed by atoms with Gasteiger partial charge in [0, 0.05) is 28.7 Å². The number of aromatic nitrogens is 3. The van der Waals surface area contributed by atoms with Crippen molar-refractivity contribution in [2.45, 2.75) is 63.8 Å². The number of hydrogen-bond donors (Lipinski definition) is 2. The van der Waals surface area contributed by atoms with Gasteiger partial charge < -0.3 is 20.1 Å². The summed E-state index contributed by atoms with van der Waals surface area (Å²) >= 11 is 6.77. The van der Waals surface area contributed by atoms with Crippen molar-refractivity contribution in [3.05, 3.63) is 41.2 Å². The molecule has 12 heteroatoms. The van der Waals surface area contributed by atoms with E-state index in [1.807, 2.05) is 38.1 Å². The summed E-state index contributed by atoms with van der Waals surface area (Å²) < 4.78 is 10.7. The van der Waals surface area contributed by atoms with Gasteiger partial charge >= 0.3 is 6.09 Å². The van der Waals surface area contributed by atoms with Crippen LogP contribution in [0.4, 0.5) is 10.5 Å². The van der Waals surface area contributed by atoms with Gasteiger partial charge in [0.05, 0.1) is 37.2 Å². The molecule has 2 N–H and O–H groups in total. The molecule has 0 radical (unpaired) electrons. The number of ether oxygens (including phenoxy) is 2. The first-order chi connectivity index (χ1) is 18.2. The second kappa shape index (κ2) is 16.6. The van der Waals surface area contributed by atoms with Gasteiger partial charge in [0.1, 0.15) is 6.61 Å². The molecule has 0 unspecified atom stereocenters. The number of alkyl halides is 2. The number of Topliss-reactive ketones (excluding diaryl/α,β-unsaturated/α-hetero) is 1. The Hall–Kier alpha value is -2.31. The fourth-order valence-corrected chi connectivity index (χ4v) is 4.44. The third-order valence-corrected chi connectivity index (χ3v) is 6.89. The minimum atomic E-state index is -0.763. The SMILES string of the molecule is CCc1ccc(NC(=O)[C@H](C)CC(=O)[C@@H](NC(=O)OCCOCCn2nc(CBr)c(CBr)n2)C(C)C)cc1. The molecule has 2 rings (SSSR count). The predicted octanol–water partition coefficient (Wildman–Crippen LogP) is 4.63. The van der Waals surface area contributed by atoms with E-state index in [4.69, 9.17) is 9.47 Å². The minimum Gasteiger partial charge on any atom is -0.447 e. The number of nitrogens with zero attached hydrogens (tertiary/aromatic N) is 3. The lowest BCUT2D eigenvalue weighted by Gasteiger charge is -2.22. The van der Waals surface area contributed by atoms with E-state index in [0.29, 0.717) is 29.5 Å². The standard InChI is InChI=1S/C26H37Br2N5O5/c1-5-19-6-8-20(9-7-19)29-25(35)18(4)14-23(34)24(17(2)3)30-26(36)38-13-12-37-11-10-33-31-21(15-27)22(16-28)32-33/h6-9,17-18,24H,5,10-16H2,1-4H3,(H,29,35)(H,30,36)/t18-,24+/m1/s1. The molecular formula is C26H37Br2N5O5. The molecule has 1 aromatic carbocycles. The molecule has 0 fully saturated rings. The van der Waals surface area contributed by atoms with Gasteiger partial charge in [0.25, 0.3) is 0 Å². The highest BCUT2D eigenvalue weighted by Gasteiger charge is 2.28. The molecule has 0 aliphatic rings. The van der Waals surface area contributed by atoms with Crippen LogP contribution >= 0.6 is 31.9 Å². The number of amides is 2. The van der Waals surface area contributed by atoms with E-state index in [9.17, 15) is 14.4 Å². The van der Waals surface area contributed by atoms with Crippen LogP contribution in [-0.4, -0.2) is 58.6 Å².